The van der Waals surface area contributed by atoms with Crippen molar-refractivity contribution in [3.8, 4) is 0 Å². The normalized spacial score (nSPS) is 22.3. The average Bonchev–Trinajstić information content (AvgIpc) is 2.35. The van der Waals surface area contributed by atoms with Crippen molar-refractivity contribution in [1.29, 1.82) is 0 Å². The smallest absolute Gasteiger partial charge is 0.242 e. The number of nitrogens with one attached hydrogen (secondary N) is 1. The summed E-state index contributed by atoms with van der Waals surface area (Å²) in [5, 5.41) is 0. The molecule has 1 heterocycles. The molecular formula is C14H23N3O3S. The highest BCUT2D eigenvalue weighted by Crippen LogP contribution is 2.29. The van der Waals surface area contributed by atoms with Crippen molar-refractivity contribution in [1.82, 2.24) is 4.72 Å². The van der Waals surface area contributed by atoms with E-state index in [2.05, 4.69) is 9.62 Å². The molecule has 0 aromatic heterocycles. The highest BCUT2D eigenvalue weighted by Gasteiger charge is 2.31. The zero-order chi connectivity index (χ0) is 15.8. The van der Waals surface area contributed by atoms with Crippen LogP contribution in [0.3, 0.4) is 0 Å². The van der Waals surface area contributed by atoms with Gasteiger partial charge < -0.3 is 15.4 Å². The lowest BCUT2D eigenvalue weighted by atomic mass is 10.0. The van der Waals surface area contributed by atoms with Gasteiger partial charge in [0.25, 0.3) is 0 Å². The summed E-state index contributed by atoms with van der Waals surface area (Å²) in [6.07, 6.45) is 0.107. The van der Waals surface area contributed by atoms with Crippen LogP contribution in [0.2, 0.25) is 0 Å². The molecule has 0 amide bonds. The first-order valence-electron chi connectivity index (χ1n) is 6.90. The van der Waals surface area contributed by atoms with Crippen LogP contribution in [0.25, 0.3) is 0 Å². The molecule has 1 aliphatic rings. The standard InChI is InChI=1S/C14H23N3O3S/c1-10-8-17(9-14(2,3)20-10)11-5-6-13(12(15)7-11)21(18,19)16-4/h5-7,10,16H,8-9,15H2,1-4H3. The number of rotatable bonds is 3. The van der Waals surface area contributed by atoms with E-state index >= 15 is 0 Å². The maximum Gasteiger partial charge on any atom is 0.242 e. The number of nitrogens with two attached hydrogens (primary N) is 1. The molecule has 1 aromatic rings. The summed E-state index contributed by atoms with van der Waals surface area (Å²) in [6.45, 7) is 7.59. The minimum absolute atomic E-state index is 0.106. The summed E-state index contributed by atoms with van der Waals surface area (Å²) in [5.41, 5.74) is 6.82. The zero-order valence-corrected chi connectivity index (χ0v) is 13.7. The van der Waals surface area contributed by atoms with Gasteiger partial charge in [0.2, 0.25) is 10.0 Å². The minimum atomic E-state index is -3.53. The lowest BCUT2D eigenvalue weighted by molar-refractivity contribution is -0.0749. The highest BCUT2D eigenvalue weighted by atomic mass is 32.2. The van der Waals surface area contributed by atoms with Gasteiger partial charge in [0.15, 0.2) is 0 Å². The second kappa shape index (κ2) is 5.47. The predicted octanol–water partition coefficient (Wildman–Crippen LogP) is 1.18. The van der Waals surface area contributed by atoms with Crippen LogP contribution in [0.15, 0.2) is 23.1 Å². The number of morpholine rings is 1. The molecule has 1 atom stereocenters. The van der Waals surface area contributed by atoms with E-state index in [-0.39, 0.29) is 22.3 Å². The fraction of sp³-hybridized carbons (Fsp3) is 0.571. The molecule has 0 saturated carbocycles. The van der Waals surface area contributed by atoms with Gasteiger partial charge in [0.05, 0.1) is 17.4 Å². The number of sulfonamides is 1. The van der Waals surface area contributed by atoms with Crippen molar-refractivity contribution in [2.75, 3.05) is 30.8 Å². The predicted molar refractivity (Wildman–Crippen MR) is 83.9 cm³/mol. The first-order valence-corrected chi connectivity index (χ1v) is 8.39. The van der Waals surface area contributed by atoms with Crippen molar-refractivity contribution in [3.05, 3.63) is 18.2 Å². The summed E-state index contributed by atoms with van der Waals surface area (Å²) in [5.74, 6) is 0. The van der Waals surface area contributed by atoms with Crippen LogP contribution >= 0.6 is 0 Å². The van der Waals surface area contributed by atoms with Crippen molar-refractivity contribution in [3.63, 3.8) is 0 Å². The fourth-order valence-corrected chi connectivity index (χ4v) is 3.57. The maximum absolute atomic E-state index is 11.8. The Kier molecular flexibility index (Phi) is 4.19. The molecular weight excluding hydrogens is 290 g/mol. The number of ether oxygens (including phenoxy) is 1. The topological polar surface area (TPSA) is 84.7 Å². The molecule has 1 saturated heterocycles. The van der Waals surface area contributed by atoms with Crippen LogP contribution in [0.4, 0.5) is 11.4 Å². The van der Waals surface area contributed by atoms with Crippen LogP contribution < -0.4 is 15.4 Å². The Morgan fingerprint density at radius 3 is 2.62 bits per heavy atom. The monoisotopic (exact) mass is 313 g/mol. The molecule has 0 spiro atoms. The van der Waals surface area contributed by atoms with E-state index in [1.165, 1.54) is 7.05 Å². The molecule has 1 fully saturated rings. The van der Waals surface area contributed by atoms with Gasteiger partial charge in [-0.05, 0) is 46.0 Å². The van der Waals surface area contributed by atoms with Crippen LogP contribution in [0.5, 0.6) is 0 Å². The SMILES string of the molecule is CNS(=O)(=O)c1ccc(N2CC(C)OC(C)(C)C2)cc1N. The second-order valence-electron chi connectivity index (χ2n) is 6.00. The van der Waals surface area contributed by atoms with E-state index < -0.39 is 10.0 Å². The van der Waals surface area contributed by atoms with Gasteiger partial charge in [-0.25, -0.2) is 13.1 Å². The van der Waals surface area contributed by atoms with E-state index in [0.29, 0.717) is 0 Å². The van der Waals surface area contributed by atoms with Crippen LogP contribution in [-0.4, -0.2) is 40.3 Å². The summed E-state index contributed by atoms with van der Waals surface area (Å²) in [4.78, 5) is 2.27. The van der Waals surface area contributed by atoms with Gasteiger partial charge in [0.1, 0.15) is 4.90 Å². The molecule has 3 N–H and O–H groups in total. The highest BCUT2D eigenvalue weighted by molar-refractivity contribution is 7.89. The quantitative estimate of drug-likeness (QED) is 0.819. The molecule has 0 bridgehead atoms. The maximum atomic E-state index is 11.8. The Labute approximate surface area is 126 Å². The molecule has 2 rings (SSSR count). The number of nitrogens with zero attached hydrogens (tertiary/aromatic N) is 1. The molecule has 6 nitrogen and oxygen atoms in total. The lowest BCUT2D eigenvalue weighted by Gasteiger charge is -2.43. The summed E-state index contributed by atoms with van der Waals surface area (Å²) in [7, 11) is -2.16. The number of nitrogen functional groups attached to an aromatic ring is 1. The fourth-order valence-electron chi connectivity index (χ4n) is 2.74. The number of hydrogen-bond acceptors (Lipinski definition) is 5. The number of benzene rings is 1. The summed E-state index contributed by atoms with van der Waals surface area (Å²) in [6, 6.07) is 5.04. The van der Waals surface area contributed by atoms with Crippen molar-refractivity contribution in [2.45, 2.75) is 37.4 Å². The average molecular weight is 313 g/mol. The zero-order valence-electron chi connectivity index (χ0n) is 12.9. The Bertz CT molecular complexity index is 628. The second-order valence-corrected chi connectivity index (χ2v) is 7.85. The van der Waals surface area contributed by atoms with E-state index in [4.69, 9.17) is 10.5 Å². The van der Waals surface area contributed by atoms with Crippen molar-refractivity contribution in [2.24, 2.45) is 0 Å². The minimum Gasteiger partial charge on any atom is -0.398 e. The van der Waals surface area contributed by atoms with Gasteiger partial charge in [-0.1, -0.05) is 0 Å². The van der Waals surface area contributed by atoms with E-state index in [1.54, 1.807) is 18.2 Å². The van der Waals surface area contributed by atoms with Gasteiger partial charge in [-0.15, -0.1) is 0 Å². The van der Waals surface area contributed by atoms with Crippen LogP contribution in [-0.2, 0) is 14.8 Å². The Morgan fingerprint density at radius 1 is 1.43 bits per heavy atom. The van der Waals surface area contributed by atoms with E-state index in [9.17, 15) is 8.42 Å². The molecule has 1 unspecified atom stereocenters. The summed E-state index contributed by atoms with van der Waals surface area (Å²) < 4.78 is 31.8. The first kappa shape index (κ1) is 16.1. The van der Waals surface area contributed by atoms with E-state index in [0.717, 1.165) is 18.8 Å². The van der Waals surface area contributed by atoms with E-state index in [1.807, 2.05) is 20.8 Å². The largest absolute Gasteiger partial charge is 0.398 e. The molecule has 118 valence electrons. The van der Waals surface area contributed by atoms with Crippen molar-refractivity contribution >= 4 is 21.4 Å². The number of anilines is 2. The molecule has 21 heavy (non-hydrogen) atoms. The third kappa shape index (κ3) is 3.48. The third-order valence-electron chi connectivity index (χ3n) is 3.49. The van der Waals surface area contributed by atoms with Crippen LogP contribution in [0, 0.1) is 0 Å². The summed E-state index contributed by atoms with van der Waals surface area (Å²) >= 11 is 0. The first-order chi connectivity index (χ1) is 9.64. The van der Waals surface area contributed by atoms with Gasteiger partial charge in [0, 0.05) is 18.8 Å². The van der Waals surface area contributed by atoms with Gasteiger partial charge >= 0.3 is 0 Å². The Balaban J connectivity index is 2.32. The Morgan fingerprint density at radius 2 is 2.10 bits per heavy atom. The van der Waals surface area contributed by atoms with Gasteiger partial charge in [-0.3, -0.25) is 0 Å². The molecule has 0 radical (unpaired) electrons. The molecule has 1 aliphatic heterocycles. The lowest BCUT2D eigenvalue weighted by Crippen LogP contribution is -2.52. The molecule has 1 aromatic carbocycles. The van der Waals surface area contributed by atoms with Gasteiger partial charge in [-0.2, -0.15) is 0 Å². The number of hydrogen-bond donors (Lipinski definition) is 2. The third-order valence-corrected chi connectivity index (χ3v) is 4.97. The van der Waals surface area contributed by atoms with Crippen LogP contribution in [0.1, 0.15) is 20.8 Å². The molecule has 7 heteroatoms. The molecule has 0 aliphatic carbocycles. The van der Waals surface area contributed by atoms with Crippen molar-refractivity contribution < 1.29 is 13.2 Å². The Hall–Kier alpha value is -1.31.